The molecule has 3 heterocycles. The largest absolute Gasteiger partial charge is 0.504 e. The van der Waals surface area contributed by atoms with Gasteiger partial charge >= 0.3 is 5.69 Å². The Morgan fingerprint density at radius 2 is 1.72 bits per heavy atom. The summed E-state index contributed by atoms with van der Waals surface area (Å²) in [6.07, 6.45) is 1.77. The van der Waals surface area contributed by atoms with Gasteiger partial charge in [-0.1, -0.05) is 18.2 Å². The lowest BCUT2D eigenvalue weighted by Crippen LogP contribution is -2.30. The number of aromatic nitrogens is 4. The normalized spacial score (nSPS) is 12.2. The number of benzene rings is 2. The Bertz CT molecular complexity index is 1850. The molecule has 2 aromatic carbocycles. The molecule has 200 valence electrons. The van der Waals surface area contributed by atoms with Crippen LogP contribution >= 0.6 is 0 Å². The molecule has 1 amide bonds. The van der Waals surface area contributed by atoms with Crippen LogP contribution in [0.5, 0.6) is 17.4 Å². The zero-order chi connectivity index (χ0) is 27.8. The van der Waals surface area contributed by atoms with E-state index in [1.807, 2.05) is 0 Å². The first kappa shape index (κ1) is 25.6. The second kappa shape index (κ2) is 10.0. The first-order valence-electron chi connectivity index (χ1n) is 12.3. The number of phenols is 2. The van der Waals surface area contributed by atoms with Crippen LogP contribution < -0.4 is 16.6 Å². The maximum absolute atomic E-state index is 13.5. The van der Waals surface area contributed by atoms with Gasteiger partial charge in [-0.15, -0.1) is 0 Å². The highest BCUT2D eigenvalue weighted by Crippen LogP contribution is 2.32. The molecular formula is C28H27N5O6. The predicted molar refractivity (Wildman–Crippen MR) is 144 cm³/mol. The number of rotatable bonds is 7. The highest BCUT2D eigenvalue weighted by Gasteiger charge is 2.27. The minimum atomic E-state index is -0.862. The van der Waals surface area contributed by atoms with E-state index in [1.165, 1.54) is 25.7 Å². The van der Waals surface area contributed by atoms with Gasteiger partial charge in [0, 0.05) is 39.2 Å². The maximum atomic E-state index is 13.5. The fourth-order valence-corrected chi connectivity index (χ4v) is 4.85. The van der Waals surface area contributed by atoms with Crippen molar-refractivity contribution in [3.05, 3.63) is 98.3 Å². The summed E-state index contributed by atoms with van der Waals surface area (Å²) in [7, 11) is 3.30. The Kier molecular flexibility index (Phi) is 6.57. The van der Waals surface area contributed by atoms with Gasteiger partial charge in [0.05, 0.1) is 16.6 Å². The quantitative estimate of drug-likeness (QED) is 0.235. The van der Waals surface area contributed by atoms with Gasteiger partial charge < -0.3 is 20.6 Å². The number of carbonyl (C=O) groups excluding carboxylic acids is 1. The molecule has 11 nitrogen and oxygen atoms in total. The summed E-state index contributed by atoms with van der Waals surface area (Å²) in [4.78, 5) is 43.3. The van der Waals surface area contributed by atoms with Crippen molar-refractivity contribution in [1.82, 2.24) is 23.8 Å². The number of nitrogens with zero attached hydrogens (tertiary/aromatic N) is 4. The lowest BCUT2D eigenvalue weighted by atomic mass is 9.88. The van der Waals surface area contributed by atoms with E-state index < -0.39 is 17.4 Å². The lowest BCUT2D eigenvalue weighted by molar-refractivity contribution is -0.121. The van der Waals surface area contributed by atoms with Crippen LogP contribution in [-0.2, 0) is 25.3 Å². The average Bonchev–Trinajstić information content (AvgIpc) is 3.13. The second-order valence-electron chi connectivity index (χ2n) is 9.41. The van der Waals surface area contributed by atoms with Gasteiger partial charge in [0.25, 0.3) is 5.56 Å². The van der Waals surface area contributed by atoms with Crippen LogP contribution in [0.3, 0.4) is 0 Å². The molecule has 0 aliphatic rings. The number of amides is 1. The maximum Gasteiger partial charge on any atom is 0.328 e. The van der Waals surface area contributed by atoms with Crippen molar-refractivity contribution in [3.8, 4) is 17.4 Å². The number of phenolic OH excluding ortho intramolecular Hbond substituents is 2. The first-order valence-corrected chi connectivity index (χ1v) is 12.3. The van der Waals surface area contributed by atoms with Gasteiger partial charge in [-0.2, -0.15) is 4.98 Å². The summed E-state index contributed by atoms with van der Waals surface area (Å²) in [6.45, 7) is 0.239. The number of aryl methyl sites for hydroxylation is 2. The van der Waals surface area contributed by atoms with E-state index in [0.717, 1.165) is 0 Å². The molecule has 39 heavy (non-hydrogen) atoms. The van der Waals surface area contributed by atoms with Crippen molar-refractivity contribution < 1.29 is 20.1 Å². The van der Waals surface area contributed by atoms with Crippen LogP contribution in [0.2, 0.25) is 0 Å². The second-order valence-corrected chi connectivity index (χ2v) is 9.41. The zero-order valence-corrected chi connectivity index (χ0v) is 21.3. The molecule has 4 N–H and O–H groups in total. The standard InChI is InChI=1S/C28H27N5O6/c1-31-19-8-7-17(14-20(19)32(2)28(31)39)18(25-26(37)30-23-5-3-4-12-33(23)27(25)38)15-24(36)29-11-10-16-6-9-21(34)22(35)13-16/h3-9,12-14,18,34-35,37H,10-11,15H2,1-2H3,(H,29,36)/t18-/m1/s1. The van der Waals surface area contributed by atoms with E-state index in [0.29, 0.717) is 28.6 Å². The van der Waals surface area contributed by atoms with Gasteiger partial charge in [-0.05, 0) is 53.9 Å². The molecule has 5 rings (SSSR count). The van der Waals surface area contributed by atoms with Crippen LogP contribution in [0.4, 0.5) is 0 Å². The molecule has 0 saturated carbocycles. The van der Waals surface area contributed by atoms with Crippen molar-refractivity contribution in [2.45, 2.75) is 18.8 Å². The first-order chi connectivity index (χ1) is 18.7. The van der Waals surface area contributed by atoms with Gasteiger partial charge in [0.2, 0.25) is 11.8 Å². The Balaban J connectivity index is 1.51. The van der Waals surface area contributed by atoms with Gasteiger partial charge in [-0.25, -0.2) is 4.79 Å². The lowest BCUT2D eigenvalue weighted by Gasteiger charge is -2.19. The van der Waals surface area contributed by atoms with Gasteiger partial charge in [0.15, 0.2) is 11.5 Å². The molecule has 1 atom stereocenters. The number of fused-ring (bicyclic) bond motifs is 2. The Labute approximate surface area is 221 Å². The predicted octanol–water partition coefficient (Wildman–Crippen LogP) is 1.88. The third-order valence-corrected chi connectivity index (χ3v) is 6.96. The smallest absolute Gasteiger partial charge is 0.328 e. The number of nitrogens with one attached hydrogen (secondary N) is 1. The van der Waals surface area contributed by atoms with Crippen LogP contribution in [0.1, 0.15) is 29.0 Å². The Hall–Kier alpha value is -5.06. The SMILES string of the molecule is Cn1c(=O)n(C)c2cc([C@@H](CC(=O)NCCc3ccc(O)c(O)c3)c3c(O)nc4ccccn4c3=O)ccc21. The molecule has 3 aromatic heterocycles. The minimum absolute atomic E-state index is 0.0300. The number of imidazole rings is 1. The van der Waals surface area contributed by atoms with Crippen LogP contribution in [0, 0.1) is 0 Å². The zero-order valence-electron chi connectivity index (χ0n) is 21.3. The average molecular weight is 530 g/mol. The Morgan fingerprint density at radius 1 is 0.949 bits per heavy atom. The molecule has 0 radical (unpaired) electrons. The van der Waals surface area contributed by atoms with E-state index in [-0.39, 0.29) is 47.3 Å². The third-order valence-electron chi connectivity index (χ3n) is 6.96. The topological polar surface area (TPSA) is 151 Å². The molecule has 0 fully saturated rings. The van der Waals surface area contributed by atoms with E-state index in [2.05, 4.69) is 10.3 Å². The van der Waals surface area contributed by atoms with Crippen molar-refractivity contribution in [2.24, 2.45) is 14.1 Å². The summed E-state index contributed by atoms with van der Waals surface area (Å²) in [5.41, 5.74) is 2.10. The molecule has 5 aromatic rings. The number of hydrogen-bond acceptors (Lipinski definition) is 7. The minimum Gasteiger partial charge on any atom is -0.504 e. The molecule has 0 unspecified atom stereocenters. The van der Waals surface area contributed by atoms with E-state index in [4.69, 9.17) is 0 Å². The molecule has 0 bridgehead atoms. The van der Waals surface area contributed by atoms with Gasteiger partial charge in [-0.3, -0.25) is 23.1 Å². The molecule has 0 saturated heterocycles. The van der Waals surface area contributed by atoms with Crippen molar-refractivity contribution in [2.75, 3.05) is 6.54 Å². The van der Waals surface area contributed by atoms with E-state index in [1.54, 1.807) is 62.8 Å². The third kappa shape index (κ3) is 4.70. The molecule has 11 heteroatoms. The summed E-state index contributed by atoms with van der Waals surface area (Å²) < 4.78 is 4.30. The fourth-order valence-electron chi connectivity index (χ4n) is 4.85. The van der Waals surface area contributed by atoms with Crippen molar-refractivity contribution in [3.63, 3.8) is 0 Å². The number of pyridine rings is 1. The highest BCUT2D eigenvalue weighted by atomic mass is 16.3. The fraction of sp³-hybridized carbons (Fsp3) is 0.214. The molecular weight excluding hydrogens is 502 g/mol. The number of carbonyl (C=O) groups is 1. The van der Waals surface area contributed by atoms with Gasteiger partial charge in [0.1, 0.15) is 5.65 Å². The monoisotopic (exact) mass is 529 g/mol. The summed E-state index contributed by atoms with van der Waals surface area (Å²) >= 11 is 0. The number of hydrogen-bond donors (Lipinski definition) is 4. The van der Waals surface area contributed by atoms with Crippen LogP contribution in [0.15, 0.2) is 70.4 Å². The van der Waals surface area contributed by atoms with Crippen molar-refractivity contribution in [1.29, 1.82) is 0 Å². The number of aromatic hydroxyl groups is 3. The Morgan fingerprint density at radius 3 is 2.49 bits per heavy atom. The summed E-state index contributed by atoms with van der Waals surface area (Å²) in [5, 5.41) is 32.9. The molecule has 0 aliphatic carbocycles. The van der Waals surface area contributed by atoms with E-state index in [9.17, 15) is 29.7 Å². The summed E-state index contributed by atoms with van der Waals surface area (Å²) in [5.74, 6) is -2.18. The van der Waals surface area contributed by atoms with E-state index >= 15 is 0 Å². The van der Waals surface area contributed by atoms with Crippen molar-refractivity contribution >= 4 is 22.6 Å². The molecule has 0 aliphatic heterocycles. The van der Waals surface area contributed by atoms with Crippen LogP contribution in [0.25, 0.3) is 16.7 Å². The summed E-state index contributed by atoms with van der Waals surface area (Å²) in [6, 6.07) is 14.6. The van der Waals surface area contributed by atoms with Crippen LogP contribution in [-0.4, -0.2) is 46.3 Å². The molecule has 0 spiro atoms. The highest BCUT2D eigenvalue weighted by molar-refractivity contribution is 5.80.